The summed E-state index contributed by atoms with van der Waals surface area (Å²) in [6.45, 7) is 3.43. The lowest BCUT2D eigenvalue weighted by Gasteiger charge is -2.31. The lowest BCUT2D eigenvalue weighted by atomic mass is 10.0. The number of hydrogen-bond acceptors (Lipinski definition) is 2. The lowest BCUT2D eigenvalue weighted by molar-refractivity contribution is 0.184. The zero-order valence-corrected chi connectivity index (χ0v) is 11.4. The minimum atomic E-state index is -0.538. The zero-order chi connectivity index (χ0) is 13.8. The van der Waals surface area contributed by atoms with Gasteiger partial charge in [0.15, 0.2) is 0 Å². The third kappa shape index (κ3) is 3.51. The van der Waals surface area contributed by atoms with Crippen LogP contribution in [0.1, 0.15) is 44.2 Å². The van der Waals surface area contributed by atoms with Crippen LogP contribution < -0.4 is 5.73 Å². The van der Waals surface area contributed by atoms with Gasteiger partial charge in [-0.3, -0.25) is 4.90 Å². The molecule has 1 saturated carbocycles. The molecule has 0 radical (unpaired) electrons. The van der Waals surface area contributed by atoms with E-state index in [1.54, 1.807) is 0 Å². The van der Waals surface area contributed by atoms with E-state index >= 15 is 0 Å². The van der Waals surface area contributed by atoms with Crippen molar-refractivity contribution in [2.45, 2.75) is 44.7 Å². The third-order valence-electron chi connectivity index (χ3n) is 3.73. The topological polar surface area (TPSA) is 29.3 Å². The SMILES string of the molecule is CCCCN(C1CC1)C(CN)c1ccc(F)cc1F. The molecule has 1 aliphatic rings. The molecule has 0 aromatic heterocycles. The first-order chi connectivity index (χ1) is 9.17. The van der Waals surface area contributed by atoms with Gasteiger partial charge in [0, 0.05) is 24.2 Å². The Morgan fingerprint density at radius 3 is 2.63 bits per heavy atom. The predicted octanol–water partition coefficient (Wildman–Crippen LogP) is 3.23. The predicted molar refractivity (Wildman–Crippen MR) is 72.8 cm³/mol. The summed E-state index contributed by atoms with van der Waals surface area (Å²) in [5.74, 6) is -1.03. The quantitative estimate of drug-likeness (QED) is 0.822. The minimum absolute atomic E-state index is 0.139. The second-order valence-corrected chi connectivity index (χ2v) is 5.24. The van der Waals surface area contributed by atoms with Crippen LogP contribution in [0.25, 0.3) is 0 Å². The van der Waals surface area contributed by atoms with Crippen molar-refractivity contribution in [3.8, 4) is 0 Å². The van der Waals surface area contributed by atoms with Crippen molar-refractivity contribution in [3.63, 3.8) is 0 Å². The number of halogens is 2. The highest BCUT2D eigenvalue weighted by molar-refractivity contribution is 5.23. The molecule has 0 heterocycles. The molecule has 1 atom stereocenters. The maximum atomic E-state index is 13.9. The Bertz CT molecular complexity index is 419. The van der Waals surface area contributed by atoms with Crippen molar-refractivity contribution in [2.24, 2.45) is 5.73 Å². The van der Waals surface area contributed by atoms with Crippen molar-refractivity contribution in [2.75, 3.05) is 13.1 Å². The summed E-state index contributed by atoms with van der Waals surface area (Å²) in [5, 5.41) is 0. The highest BCUT2D eigenvalue weighted by atomic mass is 19.1. The van der Waals surface area contributed by atoms with Gasteiger partial charge in [-0.1, -0.05) is 19.4 Å². The van der Waals surface area contributed by atoms with Crippen LogP contribution in [-0.2, 0) is 0 Å². The molecule has 1 aliphatic carbocycles. The Balaban J connectivity index is 2.20. The molecule has 19 heavy (non-hydrogen) atoms. The number of rotatable bonds is 7. The molecular formula is C15H22F2N2. The number of unbranched alkanes of at least 4 members (excludes halogenated alkanes) is 1. The minimum Gasteiger partial charge on any atom is -0.329 e. The summed E-state index contributed by atoms with van der Waals surface area (Å²) in [4.78, 5) is 2.29. The Hall–Kier alpha value is -1.00. The lowest BCUT2D eigenvalue weighted by Crippen LogP contribution is -2.36. The standard InChI is InChI=1S/C15H22F2N2/c1-2-3-8-19(12-5-6-12)15(10-18)13-7-4-11(16)9-14(13)17/h4,7,9,12,15H,2-3,5-6,8,10,18H2,1H3. The molecule has 1 unspecified atom stereocenters. The van der Waals surface area contributed by atoms with Crippen molar-refractivity contribution in [1.82, 2.24) is 4.90 Å². The monoisotopic (exact) mass is 268 g/mol. The maximum absolute atomic E-state index is 13.9. The fourth-order valence-corrected chi connectivity index (χ4v) is 2.55. The number of benzene rings is 1. The Labute approximate surface area is 113 Å². The van der Waals surface area contributed by atoms with Crippen molar-refractivity contribution < 1.29 is 8.78 Å². The van der Waals surface area contributed by atoms with Gasteiger partial charge in [0.25, 0.3) is 0 Å². The largest absolute Gasteiger partial charge is 0.329 e. The van der Waals surface area contributed by atoms with Gasteiger partial charge in [-0.05, 0) is 31.9 Å². The third-order valence-corrected chi connectivity index (χ3v) is 3.73. The highest BCUT2D eigenvalue weighted by Gasteiger charge is 2.34. The number of hydrogen-bond donors (Lipinski definition) is 1. The van der Waals surface area contributed by atoms with Gasteiger partial charge in [-0.2, -0.15) is 0 Å². The maximum Gasteiger partial charge on any atom is 0.130 e. The number of nitrogens with zero attached hydrogens (tertiary/aromatic N) is 1. The molecule has 0 aliphatic heterocycles. The van der Waals surface area contributed by atoms with Crippen molar-refractivity contribution >= 4 is 0 Å². The molecular weight excluding hydrogens is 246 g/mol. The summed E-state index contributed by atoms with van der Waals surface area (Å²) < 4.78 is 26.9. The molecule has 2 rings (SSSR count). The molecule has 2 nitrogen and oxygen atoms in total. The molecule has 106 valence electrons. The normalized spacial score (nSPS) is 16.9. The average molecular weight is 268 g/mol. The summed E-state index contributed by atoms with van der Waals surface area (Å²) in [6.07, 6.45) is 4.49. The Morgan fingerprint density at radius 1 is 1.37 bits per heavy atom. The van der Waals surface area contributed by atoms with Gasteiger partial charge in [-0.25, -0.2) is 8.78 Å². The first-order valence-electron chi connectivity index (χ1n) is 7.08. The van der Waals surface area contributed by atoms with E-state index in [2.05, 4.69) is 11.8 Å². The Morgan fingerprint density at radius 2 is 2.11 bits per heavy atom. The molecule has 1 aromatic rings. The van der Waals surface area contributed by atoms with Crippen LogP contribution in [0.5, 0.6) is 0 Å². The molecule has 1 aromatic carbocycles. The van der Waals surface area contributed by atoms with Gasteiger partial charge >= 0.3 is 0 Å². The van der Waals surface area contributed by atoms with Crippen LogP contribution >= 0.6 is 0 Å². The molecule has 0 amide bonds. The van der Waals surface area contributed by atoms with E-state index in [0.717, 1.165) is 38.3 Å². The number of nitrogens with two attached hydrogens (primary N) is 1. The average Bonchev–Trinajstić information content (AvgIpc) is 3.20. The van der Waals surface area contributed by atoms with Crippen LogP contribution in [0.3, 0.4) is 0 Å². The van der Waals surface area contributed by atoms with E-state index in [9.17, 15) is 8.78 Å². The summed E-state index contributed by atoms with van der Waals surface area (Å²) in [6, 6.07) is 4.17. The van der Waals surface area contributed by atoms with E-state index < -0.39 is 11.6 Å². The molecule has 0 bridgehead atoms. The summed E-state index contributed by atoms with van der Waals surface area (Å²) in [5.41, 5.74) is 6.37. The van der Waals surface area contributed by atoms with Crippen LogP contribution in [0.15, 0.2) is 18.2 Å². The van der Waals surface area contributed by atoms with Crippen molar-refractivity contribution in [1.29, 1.82) is 0 Å². The Kier molecular flexibility index (Phi) is 4.88. The zero-order valence-electron chi connectivity index (χ0n) is 11.4. The fraction of sp³-hybridized carbons (Fsp3) is 0.600. The van der Waals surface area contributed by atoms with Gasteiger partial charge in [0.05, 0.1) is 6.04 Å². The van der Waals surface area contributed by atoms with Crippen LogP contribution in [0.2, 0.25) is 0 Å². The van der Waals surface area contributed by atoms with E-state index in [1.807, 2.05) is 0 Å². The van der Waals surface area contributed by atoms with Gasteiger partial charge in [0.2, 0.25) is 0 Å². The molecule has 2 N–H and O–H groups in total. The van der Waals surface area contributed by atoms with E-state index in [0.29, 0.717) is 18.2 Å². The highest BCUT2D eigenvalue weighted by Crippen LogP contribution is 2.35. The van der Waals surface area contributed by atoms with Crippen LogP contribution in [-0.4, -0.2) is 24.0 Å². The van der Waals surface area contributed by atoms with Gasteiger partial charge < -0.3 is 5.73 Å². The molecule has 0 spiro atoms. The smallest absolute Gasteiger partial charge is 0.130 e. The second kappa shape index (κ2) is 6.44. The fourth-order valence-electron chi connectivity index (χ4n) is 2.55. The van der Waals surface area contributed by atoms with Gasteiger partial charge in [0.1, 0.15) is 11.6 Å². The van der Waals surface area contributed by atoms with Crippen LogP contribution in [0.4, 0.5) is 8.78 Å². The van der Waals surface area contributed by atoms with E-state index in [-0.39, 0.29) is 6.04 Å². The van der Waals surface area contributed by atoms with Crippen LogP contribution in [0, 0.1) is 11.6 Å². The van der Waals surface area contributed by atoms with Gasteiger partial charge in [-0.15, -0.1) is 0 Å². The summed E-state index contributed by atoms with van der Waals surface area (Å²) in [7, 11) is 0. The first-order valence-corrected chi connectivity index (χ1v) is 7.08. The molecule has 1 fully saturated rings. The molecule has 4 heteroatoms. The van der Waals surface area contributed by atoms with E-state index in [1.165, 1.54) is 12.1 Å². The summed E-state index contributed by atoms with van der Waals surface area (Å²) >= 11 is 0. The molecule has 0 saturated heterocycles. The van der Waals surface area contributed by atoms with E-state index in [4.69, 9.17) is 5.73 Å². The van der Waals surface area contributed by atoms with Crippen molar-refractivity contribution in [3.05, 3.63) is 35.4 Å². The second-order valence-electron chi connectivity index (χ2n) is 5.24. The first kappa shape index (κ1) is 14.4.